The monoisotopic (exact) mass is 398 g/mol. The van der Waals surface area contributed by atoms with Crippen molar-refractivity contribution in [2.75, 3.05) is 11.9 Å². The van der Waals surface area contributed by atoms with Gasteiger partial charge in [-0.2, -0.15) is 0 Å². The van der Waals surface area contributed by atoms with Crippen molar-refractivity contribution in [3.8, 4) is 0 Å². The topological polar surface area (TPSA) is 95.5 Å². The first-order chi connectivity index (χ1) is 11.2. The molecular weight excluding hydrogens is 376 g/mol. The average molecular weight is 399 g/mol. The van der Waals surface area contributed by atoms with E-state index in [2.05, 4.69) is 26.6 Å². The molecular formula is C17H23BrN2O4. The summed E-state index contributed by atoms with van der Waals surface area (Å²) in [7, 11) is 0. The first-order valence-corrected chi connectivity index (χ1v) is 8.64. The van der Waals surface area contributed by atoms with Crippen LogP contribution in [-0.2, 0) is 4.79 Å². The Morgan fingerprint density at radius 2 is 1.92 bits per heavy atom. The Bertz CT molecular complexity index is 617. The van der Waals surface area contributed by atoms with Crippen molar-refractivity contribution in [1.82, 2.24) is 5.32 Å². The quantitative estimate of drug-likeness (QED) is 0.578. The number of ketones is 1. The van der Waals surface area contributed by atoms with Gasteiger partial charge in [-0.05, 0) is 30.5 Å². The van der Waals surface area contributed by atoms with Gasteiger partial charge in [-0.3, -0.25) is 9.59 Å². The molecule has 6 nitrogen and oxygen atoms in total. The maximum absolute atomic E-state index is 12.5. The van der Waals surface area contributed by atoms with Crippen molar-refractivity contribution in [3.63, 3.8) is 0 Å². The standard InChI is InChI=1S/C17H23BrN2O4/c1-4-15(21)13-8-12(18)5-6-14(13)20-16(22)11(7-10(2)3)9-19-17(23)24/h5-6,8,10-11,19H,4,7,9H2,1-3H3,(H,20,22)(H,23,24). The molecule has 0 aromatic heterocycles. The predicted molar refractivity (Wildman–Crippen MR) is 96.4 cm³/mol. The summed E-state index contributed by atoms with van der Waals surface area (Å²) in [6.07, 6.45) is -0.295. The van der Waals surface area contributed by atoms with Crippen LogP contribution >= 0.6 is 15.9 Å². The summed E-state index contributed by atoms with van der Waals surface area (Å²) in [6.45, 7) is 5.72. The van der Waals surface area contributed by atoms with Crippen molar-refractivity contribution in [3.05, 3.63) is 28.2 Å². The normalized spacial score (nSPS) is 11.9. The first-order valence-electron chi connectivity index (χ1n) is 7.85. The Labute approximate surface area is 150 Å². The van der Waals surface area contributed by atoms with Gasteiger partial charge in [-0.25, -0.2) is 4.79 Å². The van der Waals surface area contributed by atoms with Crippen LogP contribution in [-0.4, -0.2) is 29.4 Å². The fourth-order valence-electron chi connectivity index (χ4n) is 2.34. The molecule has 7 heteroatoms. The summed E-state index contributed by atoms with van der Waals surface area (Å²) in [5.41, 5.74) is 0.883. The molecule has 0 spiro atoms. The lowest BCUT2D eigenvalue weighted by Crippen LogP contribution is -2.36. The highest BCUT2D eigenvalue weighted by Crippen LogP contribution is 2.24. The van der Waals surface area contributed by atoms with Crippen LogP contribution in [0.2, 0.25) is 0 Å². The van der Waals surface area contributed by atoms with E-state index in [1.165, 1.54) is 0 Å². The summed E-state index contributed by atoms with van der Waals surface area (Å²) in [5.74, 6) is -0.645. The number of Topliss-reactive ketones (excluding diaryl/α,β-unsaturated/α-hetero) is 1. The van der Waals surface area contributed by atoms with E-state index >= 15 is 0 Å². The van der Waals surface area contributed by atoms with Crippen molar-refractivity contribution < 1.29 is 19.5 Å². The molecule has 0 aliphatic heterocycles. The van der Waals surface area contributed by atoms with E-state index in [1.54, 1.807) is 25.1 Å². The molecule has 3 N–H and O–H groups in total. The second kappa shape index (κ2) is 9.42. The number of benzene rings is 1. The number of halogens is 1. The van der Waals surface area contributed by atoms with E-state index in [0.717, 1.165) is 4.47 Å². The van der Waals surface area contributed by atoms with Crippen molar-refractivity contribution in [2.45, 2.75) is 33.6 Å². The zero-order valence-electron chi connectivity index (χ0n) is 14.1. The highest BCUT2D eigenvalue weighted by atomic mass is 79.9. The number of carboxylic acid groups (broad SMARTS) is 1. The Hall–Kier alpha value is -1.89. The summed E-state index contributed by atoms with van der Waals surface area (Å²) in [5, 5.41) is 13.8. The van der Waals surface area contributed by atoms with E-state index in [0.29, 0.717) is 24.1 Å². The van der Waals surface area contributed by atoms with Crippen LogP contribution in [0.3, 0.4) is 0 Å². The van der Waals surface area contributed by atoms with E-state index in [4.69, 9.17) is 5.11 Å². The van der Waals surface area contributed by atoms with E-state index in [-0.39, 0.29) is 24.2 Å². The van der Waals surface area contributed by atoms with E-state index in [1.807, 2.05) is 13.8 Å². The lowest BCUT2D eigenvalue weighted by molar-refractivity contribution is -0.120. The van der Waals surface area contributed by atoms with Gasteiger partial charge >= 0.3 is 6.09 Å². The highest BCUT2D eigenvalue weighted by molar-refractivity contribution is 9.10. The van der Waals surface area contributed by atoms with E-state index < -0.39 is 12.0 Å². The maximum atomic E-state index is 12.5. The summed E-state index contributed by atoms with van der Waals surface area (Å²) >= 11 is 3.32. The fourth-order valence-corrected chi connectivity index (χ4v) is 2.71. The molecule has 1 rings (SSSR count). The van der Waals surface area contributed by atoms with Crippen LogP contribution < -0.4 is 10.6 Å². The van der Waals surface area contributed by atoms with Gasteiger partial charge in [0.1, 0.15) is 0 Å². The third-order valence-electron chi connectivity index (χ3n) is 3.49. The lowest BCUT2D eigenvalue weighted by atomic mass is 9.95. The Morgan fingerprint density at radius 1 is 1.25 bits per heavy atom. The second-order valence-electron chi connectivity index (χ2n) is 5.97. The predicted octanol–water partition coefficient (Wildman–Crippen LogP) is 3.91. The van der Waals surface area contributed by atoms with E-state index in [9.17, 15) is 14.4 Å². The third kappa shape index (κ3) is 6.31. The van der Waals surface area contributed by atoms with Gasteiger partial charge in [-0.15, -0.1) is 0 Å². The summed E-state index contributed by atoms with van der Waals surface area (Å²) < 4.78 is 0.753. The molecule has 1 atom stereocenters. The minimum absolute atomic E-state index is 0.0347. The molecule has 0 aliphatic rings. The highest BCUT2D eigenvalue weighted by Gasteiger charge is 2.22. The van der Waals surface area contributed by atoms with Crippen LogP contribution in [0.15, 0.2) is 22.7 Å². The average Bonchev–Trinajstić information content (AvgIpc) is 2.51. The smallest absolute Gasteiger partial charge is 0.404 e. The zero-order valence-corrected chi connectivity index (χ0v) is 15.6. The molecule has 132 valence electrons. The molecule has 2 amide bonds. The Kier molecular flexibility index (Phi) is 7.91. The molecule has 0 saturated heterocycles. The fraction of sp³-hybridized carbons (Fsp3) is 0.471. The SMILES string of the molecule is CCC(=O)c1cc(Br)ccc1NC(=O)C(CNC(=O)O)CC(C)C. The molecule has 24 heavy (non-hydrogen) atoms. The van der Waals surface area contributed by atoms with Gasteiger partial charge in [0.25, 0.3) is 0 Å². The molecule has 0 saturated carbocycles. The number of hydrogen-bond donors (Lipinski definition) is 3. The van der Waals surface area contributed by atoms with Gasteiger partial charge in [-0.1, -0.05) is 36.7 Å². The van der Waals surface area contributed by atoms with Gasteiger partial charge in [0.15, 0.2) is 5.78 Å². The number of rotatable bonds is 8. The van der Waals surface area contributed by atoms with Crippen molar-refractivity contribution in [2.24, 2.45) is 11.8 Å². The minimum Gasteiger partial charge on any atom is -0.465 e. The number of anilines is 1. The largest absolute Gasteiger partial charge is 0.465 e. The zero-order chi connectivity index (χ0) is 18.3. The van der Waals surface area contributed by atoms with Crippen LogP contribution in [0.4, 0.5) is 10.5 Å². The number of carbonyl (C=O) groups excluding carboxylic acids is 2. The Balaban J connectivity index is 2.97. The molecule has 0 bridgehead atoms. The molecule has 0 radical (unpaired) electrons. The first kappa shape index (κ1) is 20.2. The summed E-state index contributed by atoms with van der Waals surface area (Å²) in [4.78, 5) is 35.3. The Morgan fingerprint density at radius 3 is 2.46 bits per heavy atom. The second-order valence-corrected chi connectivity index (χ2v) is 6.88. The van der Waals surface area contributed by atoms with Crippen molar-refractivity contribution in [1.29, 1.82) is 0 Å². The summed E-state index contributed by atoms with van der Waals surface area (Å²) in [6, 6.07) is 5.09. The number of hydrogen-bond acceptors (Lipinski definition) is 3. The maximum Gasteiger partial charge on any atom is 0.404 e. The molecule has 0 heterocycles. The van der Waals surface area contributed by atoms with Gasteiger partial charge in [0.2, 0.25) is 5.91 Å². The molecule has 1 unspecified atom stereocenters. The molecule has 1 aromatic rings. The number of carbonyl (C=O) groups is 3. The molecule has 1 aromatic carbocycles. The van der Waals surface area contributed by atoms with Gasteiger partial charge in [0, 0.05) is 23.0 Å². The number of nitrogens with one attached hydrogen (secondary N) is 2. The van der Waals surface area contributed by atoms with Crippen LogP contribution in [0.5, 0.6) is 0 Å². The van der Waals surface area contributed by atoms with Crippen LogP contribution in [0.25, 0.3) is 0 Å². The lowest BCUT2D eigenvalue weighted by Gasteiger charge is -2.19. The van der Waals surface area contributed by atoms with Crippen LogP contribution in [0, 0.1) is 11.8 Å². The number of amides is 2. The molecule has 0 fully saturated rings. The third-order valence-corrected chi connectivity index (χ3v) is 3.98. The van der Waals surface area contributed by atoms with Crippen molar-refractivity contribution >= 4 is 39.4 Å². The van der Waals surface area contributed by atoms with Gasteiger partial charge in [0.05, 0.1) is 11.6 Å². The van der Waals surface area contributed by atoms with Crippen LogP contribution in [0.1, 0.15) is 44.0 Å². The molecule has 0 aliphatic carbocycles. The minimum atomic E-state index is -1.16. The van der Waals surface area contributed by atoms with Gasteiger partial charge < -0.3 is 15.7 Å².